The van der Waals surface area contributed by atoms with Crippen LogP contribution in [0, 0.1) is 6.92 Å². The maximum Gasteiger partial charge on any atom is 0.282 e. The number of piperazine rings is 1. The molecule has 2 aliphatic rings. The van der Waals surface area contributed by atoms with E-state index < -0.39 is 16.3 Å². The largest absolute Gasteiger partial charge is 0.335 e. The summed E-state index contributed by atoms with van der Waals surface area (Å²) < 4.78 is 29.2. The fraction of sp³-hybridized carbons (Fsp3) is 0.652. The van der Waals surface area contributed by atoms with Crippen molar-refractivity contribution in [2.24, 2.45) is 0 Å². The highest BCUT2D eigenvalue weighted by Crippen LogP contribution is 2.19. The maximum absolute atomic E-state index is 13.0. The minimum Gasteiger partial charge on any atom is -0.335 e. The van der Waals surface area contributed by atoms with Gasteiger partial charge >= 0.3 is 0 Å². The van der Waals surface area contributed by atoms with E-state index >= 15 is 0 Å². The summed E-state index contributed by atoms with van der Waals surface area (Å²) in [6.45, 7) is 6.65. The predicted octanol–water partition coefficient (Wildman–Crippen LogP) is 1.52. The van der Waals surface area contributed by atoms with Crippen molar-refractivity contribution in [3.8, 4) is 0 Å². The summed E-state index contributed by atoms with van der Waals surface area (Å²) in [6.07, 6.45) is 3.98. The van der Waals surface area contributed by atoms with Gasteiger partial charge in [-0.05, 0) is 38.8 Å². The Morgan fingerprint density at radius 1 is 0.939 bits per heavy atom. The first-order valence-corrected chi connectivity index (χ1v) is 13.2. The highest BCUT2D eigenvalue weighted by molar-refractivity contribution is 7.86. The van der Waals surface area contributed by atoms with E-state index in [-0.39, 0.29) is 18.4 Å². The molecule has 1 atom stereocenters. The van der Waals surface area contributed by atoms with Crippen LogP contribution in [0.3, 0.4) is 0 Å². The number of anilines is 1. The number of benzene rings is 1. The first kappa shape index (κ1) is 25.6. The highest BCUT2D eigenvalue weighted by atomic mass is 32.2. The molecule has 0 spiro atoms. The molecule has 0 bridgehead atoms. The van der Waals surface area contributed by atoms with Gasteiger partial charge in [-0.1, -0.05) is 30.5 Å². The molecule has 0 saturated carbocycles. The van der Waals surface area contributed by atoms with E-state index in [0.717, 1.165) is 31.2 Å². The third kappa shape index (κ3) is 6.75. The van der Waals surface area contributed by atoms with Gasteiger partial charge in [-0.2, -0.15) is 17.0 Å². The van der Waals surface area contributed by atoms with E-state index in [1.54, 1.807) is 15.7 Å². The minimum atomic E-state index is -3.45. The number of amides is 2. The van der Waals surface area contributed by atoms with Crippen LogP contribution in [-0.2, 0) is 19.8 Å². The molecule has 2 saturated heterocycles. The molecule has 0 aliphatic carbocycles. The van der Waals surface area contributed by atoms with Crippen molar-refractivity contribution in [2.45, 2.75) is 45.6 Å². The average molecular weight is 480 g/mol. The quantitative estimate of drug-likeness (QED) is 0.640. The number of hydrogen-bond acceptors (Lipinski definition) is 5. The molecule has 10 heteroatoms. The minimum absolute atomic E-state index is 0.0413. The van der Waals surface area contributed by atoms with Gasteiger partial charge in [-0.15, -0.1) is 0 Å². The molecule has 2 heterocycles. The molecule has 3 rings (SSSR count). The Hall–Kier alpha value is -2.01. The van der Waals surface area contributed by atoms with E-state index in [9.17, 15) is 18.0 Å². The second kappa shape index (κ2) is 11.4. The van der Waals surface area contributed by atoms with E-state index in [1.165, 1.54) is 4.90 Å². The van der Waals surface area contributed by atoms with Crippen molar-refractivity contribution in [1.82, 2.24) is 18.4 Å². The van der Waals surface area contributed by atoms with Crippen molar-refractivity contribution in [3.05, 3.63) is 29.8 Å². The van der Waals surface area contributed by atoms with Crippen molar-refractivity contribution < 1.29 is 18.0 Å². The molecule has 184 valence electrons. The monoisotopic (exact) mass is 479 g/mol. The van der Waals surface area contributed by atoms with Crippen molar-refractivity contribution in [3.63, 3.8) is 0 Å². The van der Waals surface area contributed by atoms with Crippen LogP contribution < -0.4 is 5.32 Å². The summed E-state index contributed by atoms with van der Waals surface area (Å²) in [5.41, 5.74) is 1.80. The second-order valence-electron chi connectivity index (χ2n) is 9.04. The summed E-state index contributed by atoms with van der Waals surface area (Å²) in [5, 5.41) is 2.81. The molecule has 2 aliphatic heterocycles. The molecule has 0 aromatic heterocycles. The number of aryl methyl sites for hydroxylation is 1. The number of hydrogen-bond donors (Lipinski definition) is 1. The Kier molecular flexibility index (Phi) is 8.86. The van der Waals surface area contributed by atoms with Gasteiger partial charge in [0.15, 0.2) is 0 Å². The molecule has 33 heavy (non-hydrogen) atoms. The number of carbonyl (C=O) groups excluding carboxylic acids is 2. The van der Waals surface area contributed by atoms with Gasteiger partial charge < -0.3 is 10.2 Å². The lowest BCUT2D eigenvalue weighted by Crippen LogP contribution is -2.57. The topological polar surface area (TPSA) is 93.3 Å². The van der Waals surface area contributed by atoms with Crippen LogP contribution >= 0.6 is 0 Å². The summed E-state index contributed by atoms with van der Waals surface area (Å²) in [7, 11) is -1.83. The number of likely N-dealkylation sites (N-methyl/N-ethyl adjacent to an activating group) is 1. The molecule has 0 radical (unpaired) electrons. The SMILES string of the molecule is Cc1ccc(NC(=O)CN(C)C(=O)C(C)N2CCN(S(=O)(=O)N3CCCCCC3)CC2)cc1. The Balaban J connectivity index is 1.48. The molecular weight excluding hydrogens is 442 g/mol. The molecule has 1 aromatic rings. The van der Waals surface area contributed by atoms with Gasteiger partial charge in [0.25, 0.3) is 10.2 Å². The lowest BCUT2D eigenvalue weighted by atomic mass is 10.2. The predicted molar refractivity (Wildman–Crippen MR) is 129 cm³/mol. The van der Waals surface area contributed by atoms with Crippen LogP contribution in [0.4, 0.5) is 5.69 Å². The Morgan fingerprint density at radius 3 is 2.06 bits per heavy atom. The Labute approximate surface area is 197 Å². The van der Waals surface area contributed by atoms with Crippen molar-refractivity contribution in [2.75, 3.05) is 58.2 Å². The third-order valence-electron chi connectivity index (χ3n) is 6.49. The van der Waals surface area contributed by atoms with Gasteiger partial charge in [0.2, 0.25) is 11.8 Å². The molecule has 1 N–H and O–H groups in total. The third-order valence-corrected chi connectivity index (χ3v) is 8.52. The van der Waals surface area contributed by atoms with E-state index in [2.05, 4.69) is 5.32 Å². The molecule has 1 aromatic carbocycles. The molecule has 2 fully saturated rings. The highest BCUT2D eigenvalue weighted by Gasteiger charge is 2.35. The van der Waals surface area contributed by atoms with Crippen LogP contribution in [0.15, 0.2) is 24.3 Å². The average Bonchev–Trinajstić information content (AvgIpc) is 3.10. The van der Waals surface area contributed by atoms with Crippen LogP contribution in [0.1, 0.15) is 38.2 Å². The lowest BCUT2D eigenvalue weighted by molar-refractivity contribution is -0.138. The molecular formula is C23H37N5O4S. The zero-order valence-corrected chi connectivity index (χ0v) is 20.8. The van der Waals surface area contributed by atoms with Gasteiger partial charge in [-0.25, -0.2) is 0 Å². The van der Waals surface area contributed by atoms with Crippen molar-refractivity contribution >= 4 is 27.7 Å². The standard InChI is InChI=1S/C23H37N5O4S/c1-19-8-10-21(11-9-19)24-22(29)18-25(3)23(30)20(2)26-14-16-28(17-15-26)33(31,32)27-12-6-4-5-7-13-27/h8-11,20H,4-7,12-18H2,1-3H3,(H,24,29). The van der Waals surface area contributed by atoms with E-state index in [4.69, 9.17) is 0 Å². The summed E-state index contributed by atoms with van der Waals surface area (Å²) in [5.74, 6) is -0.409. The van der Waals surface area contributed by atoms with Gasteiger partial charge in [0.1, 0.15) is 0 Å². The molecule has 1 unspecified atom stereocenters. The Morgan fingerprint density at radius 2 is 1.48 bits per heavy atom. The van der Waals surface area contributed by atoms with Gasteiger partial charge in [-0.3, -0.25) is 14.5 Å². The smallest absolute Gasteiger partial charge is 0.282 e. The van der Waals surface area contributed by atoms with Crippen LogP contribution in [0.2, 0.25) is 0 Å². The first-order chi connectivity index (χ1) is 15.7. The van der Waals surface area contributed by atoms with Crippen LogP contribution in [-0.4, -0.2) is 97.5 Å². The summed E-state index contributed by atoms with van der Waals surface area (Å²) in [6, 6.07) is 7.07. The second-order valence-corrected chi connectivity index (χ2v) is 11.0. The first-order valence-electron chi connectivity index (χ1n) is 11.8. The normalized spacial score (nSPS) is 20.1. The van der Waals surface area contributed by atoms with Gasteiger partial charge in [0.05, 0.1) is 12.6 Å². The van der Waals surface area contributed by atoms with Crippen LogP contribution in [0.5, 0.6) is 0 Å². The fourth-order valence-electron chi connectivity index (χ4n) is 4.36. The Bertz CT molecular complexity index is 905. The fourth-order valence-corrected chi connectivity index (χ4v) is 6.03. The molecule has 2 amide bonds. The zero-order chi connectivity index (χ0) is 24.0. The zero-order valence-electron chi connectivity index (χ0n) is 20.0. The van der Waals surface area contributed by atoms with Crippen LogP contribution in [0.25, 0.3) is 0 Å². The number of nitrogens with zero attached hydrogens (tertiary/aromatic N) is 4. The van der Waals surface area contributed by atoms with E-state index in [0.29, 0.717) is 45.0 Å². The van der Waals surface area contributed by atoms with Crippen molar-refractivity contribution in [1.29, 1.82) is 0 Å². The summed E-state index contributed by atoms with van der Waals surface area (Å²) in [4.78, 5) is 28.7. The summed E-state index contributed by atoms with van der Waals surface area (Å²) >= 11 is 0. The van der Waals surface area contributed by atoms with Gasteiger partial charge in [0, 0.05) is 52.0 Å². The van der Waals surface area contributed by atoms with E-state index in [1.807, 2.05) is 43.0 Å². The molecule has 9 nitrogen and oxygen atoms in total. The number of rotatable bonds is 7. The number of carbonyl (C=O) groups is 2. The lowest BCUT2D eigenvalue weighted by Gasteiger charge is -2.39. The maximum atomic E-state index is 13.0. The number of nitrogens with one attached hydrogen (secondary N) is 1.